The smallest absolute Gasteiger partial charge is 0.167 e. The molecule has 6 heteroatoms. The zero-order valence-corrected chi connectivity index (χ0v) is 15.3. The second-order valence-electron chi connectivity index (χ2n) is 5.61. The molecule has 0 saturated carbocycles. The predicted octanol–water partition coefficient (Wildman–Crippen LogP) is 4.51. The van der Waals surface area contributed by atoms with Gasteiger partial charge in [0.2, 0.25) is 0 Å². The minimum Gasteiger partial charge on any atom is -0.497 e. The van der Waals surface area contributed by atoms with Gasteiger partial charge in [0.25, 0.3) is 0 Å². The molecule has 0 radical (unpaired) electrons. The molecule has 0 fully saturated rings. The van der Waals surface area contributed by atoms with Crippen LogP contribution in [0.4, 0.5) is 21.5 Å². The summed E-state index contributed by atoms with van der Waals surface area (Å²) >= 11 is 0. The van der Waals surface area contributed by atoms with Gasteiger partial charge in [0.15, 0.2) is 11.6 Å². The molecule has 1 N–H and O–H groups in total. The largest absolute Gasteiger partial charge is 0.497 e. The Morgan fingerprint density at radius 2 is 1.96 bits per heavy atom. The van der Waals surface area contributed by atoms with Crippen LogP contribution >= 0.6 is 0 Å². The number of aliphatic imine (C=N–C) groups is 1. The number of methoxy groups -OCH3 is 2. The van der Waals surface area contributed by atoms with Crippen LogP contribution in [0.1, 0.15) is 12.5 Å². The highest BCUT2D eigenvalue weighted by Crippen LogP contribution is 2.34. The van der Waals surface area contributed by atoms with Crippen LogP contribution in [0.25, 0.3) is 0 Å². The van der Waals surface area contributed by atoms with Gasteiger partial charge in [-0.3, -0.25) is 0 Å². The van der Waals surface area contributed by atoms with Crippen molar-refractivity contribution in [2.24, 2.45) is 4.99 Å². The highest BCUT2D eigenvalue weighted by molar-refractivity contribution is 5.74. The summed E-state index contributed by atoms with van der Waals surface area (Å²) in [4.78, 5) is 6.50. The predicted molar refractivity (Wildman–Crippen MR) is 100 cm³/mol. The Labute approximate surface area is 148 Å². The monoisotopic (exact) mass is 345 g/mol. The number of ether oxygens (including phenoxy) is 2. The summed E-state index contributed by atoms with van der Waals surface area (Å²) in [6.07, 6.45) is 1.78. The minimum atomic E-state index is -0.420. The Balaban J connectivity index is 2.36. The van der Waals surface area contributed by atoms with E-state index in [0.29, 0.717) is 11.4 Å². The molecular weight excluding hydrogens is 321 g/mol. The van der Waals surface area contributed by atoms with Gasteiger partial charge in [-0.15, -0.1) is 0 Å². The van der Waals surface area contributed by atoms with E-state index in [4.69, 9.17) is 9.47 Å². The summed E-state index contributed by atoms with van der Waals surface area (Å²) in [5.74, 6) is 0.463. The maximum Gasteiger partial charge on any atom is 0.167 e. The van der Waals surface area contributed by atoms with Gasteiger partial charge in [-0.05, 0) is 31.5 Å². The Morgan fingerprint density at radius 1 is 1.20 bits per heavy atom. The second-order valence-corrected chi connectivity index (χ2v) is 5.61. The summed E-state index contributed by atoms with van der Waals surface area (Å²) < 4.78 is 24.2. The van der Waals surface area contributed by atoms with Gasteiger partial charge in [0.05, 0.1) is 26.2 Å². The van der Waals surface area contributed by atoms with Crippen molar-refractivity contribution < 1.29 is 13.9 Å². The molecule has 2 aromatic carbocycles. The highest BCUT2D eigenvalue weighted by Gasteiger charge is 2.10. The van der Waals surface area contributed by atoms with Crippen molar-refractivity contribution in [1.29, 1.82) is 0 Å². The van der Waals surface area contributed by atoms with Crippen molar-refractivity contribution in [3.8, 4) is 11.5 Å². The summed E-state index contributed by atoms with van der Waals surface area (Å²) in [7, 11) is 5.00. The molecule has 5 nitrogen and oxygen atoms in total. The van der Waals surface area contributed by atoms with Crippen molar-refractivity contribution in [2.45, 2.75) is 13.8 Å². The van der Waals surface area contributed by atoms with Crippen LogP contribution in [0.2, 0.25) is 0 Å². The first kappa shape index (κ1) is 18.6. The quantitative estimate of drug-likeness (QED) is 0.592. The Bertz CT molecular complexity index is 763. The second kappa shape index (κ2) is 8.37. The fourth-order valence-electron chi connectivity index (χ4n) is 2.20. The van der Waals surface area contributed by atoms with Crippen molar-refractivity contribution in [2.75, 3.05) is 33.1 Å². The number of benzene rings is 2. The van der Waals surface area contributed by atoms with Gasteiger partial charge < -0.3 is 19.7 Å². The first-order valence-corrected chi connectivity index (χ1v) is 8.02. The molecule has 0 spiro atoms. The molecule has 0 aliphatic rings. The van der Waals surface area contributed by atoms with Gasteiger partial charge in [-0.1, -0.05) is 0 Å². The normalized spacial score (nSPS) is 10.8. The summed E-state index contributed by atoms with van der Waals surface area (Å²) in [6.45, 7) is 4.87. The molecule has 25 heavy (non-hydrogen) atoms. The molecule has 0 amide bonds. The number of hydrogen-bond acceptors (Lipinski definition) is 4. The van der Waals surface area contributed by atoms with E-state index < -0.39 is 5.82 Å². The SMILES string of the molecule is CCN(C)/C=N/c1cc(OC)cc(Nc2ccc(OC)c(F)c2)c1C. The fourth-order valence-corrected chi connectivity index (χ4v) is 2.20. The topological polar surface area (TPSA) is 46.1 Å². The lowest BCUT2D eigenvalue weighted by atomic mass is 10.1. The Hall–Kier alpha value is -2.76. The van der Waals surface area contributed by atoms with Gasteiger partial charge >= 0.3 is 0 Å². The number of nitrogens with zero attached hydrogens (tertiary/aromatic N) is 2. The van der Waals surface area contributed by atoms with Gasteiger partial charge in [0, 0.05) is 43.2 Å². The standard InChI is InChI=1S/C19H24FN3O2/c1-6-23(3)12-21-17-10-15(24-4)11-18(13(17)2)22-14-7-8-19(25-5)16(20)9-14/h7-12,22H,6H2,1-5H3/b21-12+. The van der Waals surface area contributed by atoms with Crippen LogP contribution in [0, 0.1) is 12.7 Å². The zero-order chi connectivity index (χ0) is 18.4. The van der Waals surface area contributed by atoms with E-state index >= 15 is 0 Å². The molecule has 0 atom stereocenters. The van der Waals surface area contributed by atoms with Gasteiger partial charge in [0.1, 0.15) is 5.75 Å². The average molecular weight is 345 g/mol. The van der Waals surface area contributed by atoms with Crippen molar-refractivity contribution in [3.63, 3.8) is 0 Å². The third-order valence-electron chi connectivity index (χ3n) is 3.91. The zero-order valence-electron chi connectivity index (χ0n) is 15.3. The van der Waals surface area contributed by atoms with Crippen LogP contribution in [-0.2, 0) is 0 Å². The average Bonchev–Trinajstić information content (AvgIpc) is 2.62. The van der Waals surface area contributed by atoms with E-state index in [1.54, 1.807) is 25.6 Å². The third-order valence-corrected chi connectivity index (χ3v) is 3.91. The van der Waals surface area contributed by atoms with E-state index in [0.717, 1.165) is 23.5 Å². The maximum absolute atomic E-state index is 13.9. The molecule has 2 rings (SSSR count). The van der Waals surface area contributed by atoms with E-state index in [9.17, 15) is 4.39 Å². The van der Waals surface area contributed by atoms with Crippen molar-refractivity contribution >= 4 is 23.4 Å². The van der Waals surface area contributed by atoms with Crippen LogP contribution in [0.5, 0.6) is 11.5 Å². The molecule has 0 heterocycles. The first-order valence-electron chi connectivity index (χ1n) is 8.02. The molecule has 0 bridgehead atoms. The first-order chi connectivity index (χ1) is 12.0. The molecule has 2 aromatic rings. The van der Waals surface area contributed by atoms with Crippen LogP contribution in [-0.4, -0.2) is 39.1 Å². The minimum absolute atomic E-state index is 0.209. The number of hydrogen-bond donors (Lipinski definition) is 1. The van der Waals surface area contributed by atoms with Gasteiger partial charge in [-0.25, -0.2) is 9.38 Å². The van der Waals surface area contributed by atoms with E-state index in [2.05, 4.69) is 17.2 Å². The number of rotatable bonds is 7. The van der Waals surface area contributed by atoms with E-state index in [1.165, 1.54) is 13.2 Å². The van der Waals surface area contributed by atoms with E-state index in [1.807, 2.05) is 31.0 Å². The summed E-state index contributed by atoms with van der Waals surface area (Å²) in [5.41, 5.74) is 3.15. The van der Waals surface area contributed by atoms with Crippen LogP contribution in [0.15, 0.2) is 35.3 Å². The lowest BCUT2D eigenvalue weighted by molar-refractivity contribution is 0.386. The number of halogens is 1. The molecular formula is C19H24FN3O2. The summed E-state index contributed by atoms with van der Waals surface area (Å²) in [6, 6.07) is 8.47. The van der Waals surface area contributed by atoms with Crippen LogP contribution < -0.4 is 14.8 Å². The lowest BCUT2D eigenvalue weighted by Crippen LogP contribution is -2.14. The maximum atomic E-state index is 13.9. The van der Waals surface area contributed by atoms with Crippen molar-refractivity contribution in [1.82, 2.24) is 4.90 Å². The highest BCUT2D eigenvalue weighted by atomic mass is 19.1. The number of nitrogens with one attached hydrogen (secondary N) is 1. The molecule has 0 saturated heterocycles. The number of anilines is 2. The molecule has 134 valence electrons. The van der Waals surface area contributed by atoms with Gasteiger partial charge in [-0.2, -0.15) is 0 Å². The van der Waals surface area contributed by atoms with Crippen LogP contribution in [0.3, 0.4) is 0 Å². The lowest BCUT2D eigenvalue weighted by Gasteiger charge is -2.15. The molecule has 0 unspecified atom stereocenters. The molecule has 0 aliphatic heterocycles. The fraction of sp³-hybridized carbons (Fsp3) is 0.316. The van der Waals surface area contributed by atoms with E-state index in [-0.39, 0.29) is 5.75 Å². The Kier molecular flexibility index (Phi) is 6.22. The molecule has 0 aliphatic carbocycles. The van der Waals surface area contributed by atoms with Crippen molar-refractivity contribution in [3.05, 3.63) is 41.7 Å². The summed E-state index contributed by atoms with van der Waals surface area (Å²) in [5, 5.41) is 3.22. The Morgan fingerprint density at radius 3 is 2.56 bits per heavy atom. The third kappa shape index (κ3) is 4.62. The molecule has 0 aromatic heterocycles.